The fourth-order valence-electron chi connectivity index (χ4n) is 4.04. The van der Waals surface area contributed by atoms with E-state index in [9.17, 15) is 19.1 Å². The first-order valence-electron chi connectivity index (χ1n) is 10.2. The molecule has 7 nitrogen and oxygen atoms in total. The van der Waals surface area contributed by atoms with Crippen LogP contribution in [-0.2, 0) is 29.1 Å². The Kier molecular flexibility index (Phi) is 6.52. The molecule has 0 amide bonds. The molecular formula is C23H26FN3O4. The lowest BCUT2D eigenvalue weighted by atomic mass is 9.97. The van der Waals surface area contributed by atoms with E-state index in [1.807, 2.05) is 20.8 Å². The summed E-state index contributed by atoms with van der Waals surface area (Å²) < 4.78 is 20.7. The summed E-state index contributed by atoms with van der Waals surface area (Å²) in [5.74, 6) is -0.560. The Hall–Kier alpha value is -3.10. The van der Waals surface area contributed by atoms with E-state index in [2.05, 4.69) is 4.98 Å². The maximum atomic E-state index is 14.0. The average molecular weight is 427 g/mol. The largest absolute Gasteiger partial charge is 0.396 e. The van der Waals surface area contributed by atoms with Gasteiger partial charge >= 0.3 is 0 Å². The van der Waals surface area contributed by atoms with Crippen molar-refractivity contribution in [3.05, 3.63) is 56.6 Å². The van der Waals surface area contributed by atoms with Crippen LogP contribution in [0, 0.1) is 5.82 Å². The Morgan fingerprint density at radius 2 is 2.03 bits per heavy atom. The van der Waals surface area contributed by atoms with Crippen LogP contribution < -0.4 is 11.3 Å². The number of methoxy groups -OCH3 is 1. The molecule has 1 atom stereocenters. The number of rotatable bonds is 5. The van der Waals surface area contributed by atoms with Gasteiger partial charge in [-0.05, 0) is 24.1 Å². The maximum Gasteiger partial charge on any atom is 0.257 e. The van der Waals surface area contributed by atoms with E-state index in [4.69, 9.17) is 10.5 Å². The topological polar surface area (TPSA) is 107 Å². The monoisotopic (exact) mass is 427 g/mol. The number of aldehydes is 1. The maximum absolute atomic E-state index is 14.0. The number of fused-ring (bicyclic) bond motifs is 4. The molecule has 164 valence electrons. The summed E-state index contributed by atoms with van der Waals surface area (Å²) in [6, 6.07) is 4.44. The first-order chi connectivity index (χ1) is 14.9. The lowest BCUT2D eigenvalue weighted by Crippen LogP contribution is -2.26. The number of aromatic nitrogens is 2. The van der Waals surface area contributed by atoms with Crippen molar-refractivity contribution in [3.8, 4) is 11.4 Å². The Morgan fingerprint density at radius 1 is 1.32 bits per heavy atom. The summed E-state index contributed by atoms with van der Waals surface area (Å²) in [5.41, 5.74) is 9.10. The summed E-state index contributed by atoms with van der Waals surface area (Å²) in [5, 5.41) is 10.9. The molecule has 0 radical (unpaired) electrons. The average Bonchev–Trinajstić information content (AvgIpc) is 3.14. The van der Waals surface area contributed by atoms with Gasteiger partial charge in [-0.3, -0.25) is 4.79 Å². The van der Waals surface area contributed by atoms with E-state index in [0.717, 1.165) is 16.5 Å². The van der Waals surface area contributed by atoms with Crippen LogP contribution in [0.5, 0.6) is 0 Å². The molecular weight excluding hydrogens is 401 g/mol. The Bertz CT molecular complexity index is 1220. The number of carbonyl (C=O) groups is 1. The summed E-state index contributed by atoms with van der Waals surface area (Å²) in [7, 11) is 1.44. The third-order valence-electron chi connectivity index (χ3n) is 5.41. The lowest BCUT2D eigenvalue weighted by Gasteiger charge is -2.14. The molecule has 0 saturated carbocycles. The van der Waals surface area contributed by atoms with Crippen LogP contribution >= 0.6 is 0 Å². The second-order valence-electron chi connectivity index (χ2n) is 7.03. The van der Waals surface area contributed by atoms with Crippen LogP contribution in [0.2, 0.25) is 0 Å². The van der Waals surface area contributed by atoms with Crippen molar-refractivity contribution in [1.82, 2.24) is 9.55 Å². The summed E-state index contributed by atoms with van der Waals surface area (Å²) in [6.45, 7) is 6.23. The number of aliphatic hydroxyl groups is 1. The molecule has 3 aromatic rings. The van der Waals surface area contributed by atoms with Gasteiger partial charge in [-0.1, -0.05) is 20.8 Å². The molecule has 1 aliphatic heterocycles. The normalized spacial score (nSPS) is 12.7. The number of nitrogens with two attached hydrogens (primary N) is 1. The zero-order valence-corrected chi connectivity index (χ0v) is 18.0. The second-order valence-corrected chi connectivity index (χ2v) is 7.03. The Balaban J connectivity index is 0.00000132. The molecule has 1 unspecified atom stereocenters. The van der Waals surface area contributed by atoms with Crippen molar-refractivity contribution in [1.29, 1.82) is 0 Å². The van der Waals surface area contributed by atoms with Crippen LogP contribution in [0.4, 0.5) is 10.1 Å². The molecule has 1 aromatic carbocycles. The standard InChI is InChI=1S/C21H20FN3O4.C2H6/c1-3-10-11-4-16(23)15(22)6-17(11)24-20-13(10)7-25-18(20)5-12(19(27)8-26)14(9-29-2)21(25)28;1-2/h4-6,8,19,27H,3,7,9,23H2,1-2H3;1-2H3. The van der Waals surface area contributed by atoms with E-state index in [1.165, 1.54) is 13.2 Å². The van der Waals surface area contributed by atoms with Crippen LogP contribution in [0.1, 0.15) is 49.1 Å². The van der Waals surface area contributed by atoms with Crippen molar-refractivity contribution in [2.45, 2.75) is 46.4 Å². The molecule has 4 rings (SSSR count). The SMILES string of the molecule is CC.CCc1c2c(nc3cc(F)c(N)cc13)-c1cc(C(O)C=O)c(COC)c(=O)n1C2. The number of pyridine rings is 2. The van der Waals surface area contributed by atoms with Crippen molar-refractivity contribution < 1.29 is 19.0 Å². The number of nitrogens with zero attached hydrogens (tertiary/aromatic N) is 2. The predicted molar refractivity (Wildman–Crippen MR) is 117 cm³/mol. The molecule has 8 heteroatoms. The molecule has 0 spiro atoms. The fourth-order valence-corrected chi connectivity index (χ4v) is 4.04. The van der Waals surface area contributed by atoms with E-state index in [1.54, 1.807) is 16.7 Å². The number of benzene rings is 1. The lowest BCUT2D eigenvalue weighted by molar-refractivity contribution is -0.115. The number of nitrogen functional groups attached to an aromatic ring is 1. The molecule has 2 aromatic heterocycles. The number of hydrogen-bond acceptors (Lipinski definition) is 6. The summed E-state index contributed by atoms with van der Waals surface area (Å²) in [4.78, 5) is 28.9. The quantitative estimate of drug-likeness (QED) is 0.374. The Labute approximate surface area is 179 Å². The Morgan fingerprint density at radius 3 is 2.65 bits per heavy atom. The van der Waals surface area contributed by atoms with Crippen LogP contribution in [0.15, 0.2) is 23.0 Å². The molecule has 0 saturated heterocycles. The first kappa shape index (κ1) is 22.6. The van der Waals surface area contributed by atoms with E-state index in [0.29, 0.717) is 36.2 Å². The minimum atomic E-state index is -1.45. The van der Waals surface area contributed by atoms with Gasteiger partial charge in [0.25, 0.3) is 5.56 Å². The molecule has 0 aliphatic carbocycles. The number of aliphatic hydroxyl groups excluding tert-OH is 1. The van der Waals surface area contributed by atoms with Gasteiger partial charge in [0, 0.05) is 35.3 Å². The highest BCUT2D eigenvalue weighted by molar-refractivity contribution is 5.90. The summed E-state index contributed by atoms with van der Waals surface area (Å²) in [6.07, 6.45) is -0.444. The van der Waals surface area contributed by atoms with Gasteiger partial charge in [0.15, 0.2) is 6.29 Å². The van der Waals surface area contributed by atoms with Gasteiger partial charge < -0.3 is 24.9 Å². The van der Waals surface area contributed by atoms with Gasteiger partial charge in [0.1, 0.15) is 11.9 Å². The second kappa shape index (κ2) is 8.95. The smallest absolute Gasteiger partial charge is 0.257 e. The van der Waals surface area contributed by atoms with Crippen LogP contribution in [0.3, 0.4) is 0 Å². The zero-order valence-electron chi connectivity index (χ0n) is 18.0. The number of anilines is 1. The van der Waals surface area contributed by atoms with Crippen molar-refractivity contribution in [2.75, 3.05) is 12.8 Å². The molecule has 31 heavy (non-hydrogen) atoms. The number of hydrogen-bond donors (Lipinski definition) is 2. The van der Waals surface area contributed by atoms with Gasteiger partial charge in [0.2, 0.25) is 0 Å². The number of halogens is 1. The molecule has 0 bridgehead atoms. The van der Waals surface area contributed by atoms with Gasteiger partial charge in [0.05, 0.1) is 35.7 Å². The van der Waals surface area contributed by atoms with Crippen molar-refractivity contribution in [2.24, 2.45) is 0 Å². The van der Waals surface area contributed by atoms with Crippen LogP contribution in [-0.4, -0.2) is 28.1 Å². The number of ether oxygens (including phenoxy) is 1. The zero-order chi connectivity index (χ0) is 22.9. The highest BCUT2D eigenvalue weighted by atomic mass is 19.1. The van der Waals surface area contributed by atoms with Gasteiger partial charge in [-0.25, -0.2) is 9.37 Å². The van der Waals surface area contributed by atoms with Gasteiger partial charge in [-0.2, -0.15) is 0 Å². The van der Waals surface area contributed by atoms with Crippen molar-refractivity contribution in [3.63, 3.8) is 0 Å². The minimum absolute atomic E-state index is 0.0343. The van der Waals surface area contributed by atoms with Gasteiger partial charge in [-0.15, -0.1) is 0 Å². The third-order valence-corrected chi connectivity index (χ3v) is 5.41. The van der Waals surface area contributed by atoms with E-state index < -0.39 is 11.9 Å². The minimum Gasteiger partial charge on any atom is -0.396 e. The van der Waals surface area contributed by atoms with Crippen LogP contribution in [0.25, 0.3) is 22.3 Å². The highest BCUT2D eigenvalue weighted by Crippen LogP contribution is 2.37. The fraction of sp³-hybridized carbons (Fsp3) is 0.348. The summed E-state index contributed by atoms with van der Waals surface area (Å²) >= 11 is 0. The molecule has 3 N–H and O–H groups in total. The molecule has 3 heterocycles. The van der Waals surface area contributed by atoms with E-state index in [-0.39, 0.29) is 29.0 Å². The number of carbonyl (C=O) groups excluding carboxylic acids is 1. The number of aryl methyl sites for hydroxylation is 1. The molecule has 0 fully saturated rings. The van der Waals surface area contributed by atoms with E-state index >= 15 is 0 Å². The highest BCUT2D eigenvalue weighted by Gasteiger charge is 2.29. The molecule has 1 aliphatic rings. The third kappa shape index (κ3) is 3.62. The first-order valence-corrected chi connectivity index (χ1v) is 10.2. The van der Waals surface area contributed by atoms with Crippen molar-refractivity contribution >= 4 is 22.9 Å². The predicted octanol–water partition coefficient (Wildman–Crippen LogP) is 3.11.